The second kappa shape index (κ2) is 8.82. The zero-order chi connectivity index (χ0) is 21.9. The number of nitrogens with zero attached hydrogens (tertiary/aromatic N) is 7. The first-order valence-corrected chi connectivity index (χ1v) is 11.0. The van der Waals surface area contributed by atoms with Crippen LogP contribution in [0.25, 0.3) is 22.2 Å². The summed E-state index contributed by atoms with van der Waals surface area (Å²) in [4.78, 5) is 28.4. The number of hydrogen-bond donors (Lipinski definition) is 0. The van der Waals surface area contributed by atoms with Gasteiger partial charge in [-0.15, -0.1) is 5.10 Å². The summed E-state index contributed by atoms with van der Waals surface area (Å²) < 4.78 is 1.81. The third-order valence-corrected chi connectivity index (χ3v) is 6.05. The average molecular weight is 428 g/mol. The van der Waals surface area contributed by atoms with E-state index in [0.717, 1.165) is 53.1 Å². The number of amides is 1. The van der Waals surface area contributed by atoms with Crippen LogP contribution in [0.1, 0.15) is 36.7 Å². The van der Waals surface area contributed by atoms with E-state index in [1.165, 1.54) is 0 Å². The standard InChI is InChI=1S/C24H25N7O/c1-17-26-15-20(18-8-11-25-12-9-18)24(27-17)19-5-4-13-30(16-19)23(32)10-14-31-22-7-3-2-6-21(22)28-29-31/h2-3,6-9,11-12,15,19H,4-5,10,13-14,16H2,1H3/t19-/m0/s1. The van der Waals surface area contributed by atoms with Crippen LogP contribution < -0.4 is 0 Å². The highest BCUT2D eigenvalue weighted by Gasteiger charge is 2.28. The van der Waals surface area contributed by atoms with Crippen LogP contribution in [0.15, 0.2) is 55.0 Å². The Kier molecular flexibility index (Phi) is 5.58. The van der Waals surface area contributed by atoms with E-state index in [2.05, 4.69) is 20.3 Å². The number of aromatic nitrogens is 6. The van der Waals surface area contributed by atoms with Gasteiger partial charge in [0.05, 0.1) is 17.8 Å². The van der Waals surface area contributed by atoms with Crippen LogP contribution in [0, 0.1) is 6.92 Å². The molecule has 0 bridgehead atoms. The van der Waals surface area contributed by atoms with E-state index >= 15 is 0 Å². The fourth-order valence-corrected chi connectivity index (χ4v) is 4.42. The lowest BCUT2D eigenvalue weighted by atomic mass is 9.90. The lowest BCUT2D eigenvalue weighted by molar-refractivity contribution is -0.132. The third kappa shape index (κ3) is 4.08. The second-order valence-electron chi connectivity index (χ2n) is 8.18. The summed E-state index contributed by atoms with van der Waals surface area (Å²) in [5.74, 6) is 1.08. The van der Waals surface area contributed by atoms with E-state index in [9.17, 15) is 4.79 Å². The Morgan fingerprint density at radius 1 is 1.16 bits per heavy atom. The molecule has 8 heteroatoms. The Morgan fingerprint density at radius 3 is 2.88 bits per heavy atom. The number of rotatable bonds is 5. The Morgan fingerprint density at radius 2 is 2.00 bits per heavy atom. The molecule has 1 saturated heterocycles. The molecule has 0 saturated carbocycles. The van der Waals surface area contributed by atoms with Crippen LogP contribution >= 0.6 is 0 Å². The average Bonchev–Trinajstić information content (AvgIpc) is 3.26. The number of benzene rings is 1. The van der Waals surface area contributed by atoms with Gasteiger partial charge in [0.15, 0.2) is 0 Å². The van der Waals surface area contributed by atoms with E-state index in [4.69, 9.17) is 4.98 Å². The number of piperidine rings is 1. The summed E-state index contributed by atoms with van der Waals surface area (Å²) >= 11 is 0. The molecular weight excluding hydrogens is 402 g/mol. The molecule has 32 heavy (non-hydrogen) atoms. The van der Waals surface area contributed by atoms with E-state index < -0.39 is 0 Å². The largest absolute Gasteiger partial charge is 0.342 e. The highest BCUT2D eigenvalue weighted by atomic mass is 16.2. The predicted molar refractivity (Wildman–Crippen MR) is 121 cm³/mol. The maximum atomic E-state index is 13.1. The molecule has 1 fully saturated rings. The fraction of sp³-hybridized carbons (Fsp3) is 0.333. The molecule has 1 atom stereocenters. The molecule has 1 amide bonds. The van der Waals surface area contributed by atoms with Gasteiger partial charge in [-0.2, -0.15) is 0 Å². The molecule has 1 aromatic carbocycles. The molecule has 4 heterocycles. The maximum absolute atomic E-state index is 13.1. The van der Waals surface area contributed by atoms with Gasteiger partial charge in [-0.3, -0.25) is 9.78 Å². The monoisotopic (exact) mass is 427 g/mol. The van der Waals surface area contributed by atoms with Gasteiger partial charge in [0.2, 0.25) is 5.91 Å². The van der Waals surface area contributed by atoms with Crippen molar-refractivity contribution in [2.75, 3.05) is 13.1 Å². The first-order valence-electron chi connectivity index (χ1n) is 11.0. The van der Waals surface area contributed by atoms with Crippen molar-refractivity contribution in [1.29, 1.82) is 0 Å². The summed E-state index contributed by atoms with van der Waals surface area (Å²) in [7, 11) is 0. The molecule has 8 nitrogen and oxygen atoms in total. The summed E-state index contributed by atoms with van der Waals surface area (Å²) in [5, 5.41) is 8.38. The van der Waals surface area contributed by atoms with Crippen molar-refractivity contribution in [3.63, 3.8) is 0 Å². The number of likely N-dealkylation sites (tertiary alicyclic amines) is 1. The molecule has 0 radical (unpaired) electrons. The molecule has 1 aliphatic rings. The van der Waals surface area contributed by atoms with Crippen LogP contribution in [0.2, 0.25) is 0 Å². The number of carbonyl (C=O) groups is 1. The topological polar surface area (TPSA) is 89.7 Å². The number of pyridine rings is 1. The second-order valence-corrected chi connectivity index (χ2v) is 8.18. The Hall–Kier alpha value is -3.68. The first kappa shape index (κ1) is 20.2. The van der Waals surface area contributed by atoms with Gasteiger partial charge in [-0.05, 0) is 49.6 Å². The van der Waals surface area contributed by atoms with E-state index in [-0.39, 0.29) is 11.8 Å². The van der Waals surface area contributed by atoms with E-state index in [0.29, 0.717) is 19.5 Å². The minimum absolute atomic E-state index is 0.144. The molecule has 1 aliphatic heterocycles. The lowest BCUT2D eigenvalue weighted by Crippen LogP contribution is -2.39. The van der Waals surface area contributed by atoms with Gasteiger partial charge in [0.1, 0.15) is 11.3 Å². The Balaban J connectivity index is 1.31. The van der Waals surface area contributed by atoms with Gasteiger partial charge in [0.25, 0.3) is 0 Å². The zero-order valence-corrected chi connectivity index (χ0v) is 18.1. The molecule has 0 aliphatic carbocycles. The number of para-hydroxylation sites is 1. The molecular formula is C24H25N7O. The fourth-order valence-electron chi connectivity index (χ4n) is 4.42. The van der Waals surface area contributed by atoms with Crippen molar-refractivity contribution in [1.82, 2.24) is 34.8 Å². The highest BCUT2D eigenvalue weighted by Crippen LogP contribution is 2.33. The van der Waals surface area contributed by atoms with Crippen molar-refractivity contribution in [2.24, 2.45) is 0 Å². The summed E-state index contributed by atoms with van der Waals surface area (Å²) in [5.41, 5.74) is 4.89. The summed E-state index contributed by atoms with van der Waals surface area (Å²) in [6.45, 7) is 3.89. The molecule has 0 N–H and O–H groups in total. The molecule has 0 spiro atoms. The SMILES string of the molecule is Cc1ncc(-c2ccncc2)c([C@H]2CCCN(C(=O)CCn3nnc4ccccc43)C2)n1. The summed E-state index contributed by atoms with van der Waals surface area (Å²) in [6, 6.07) is 11.8. The minimum atomic E-state index is 0.144. The summed E-state index contributed by atoms with van der Waals surface area (Å²) in [6.07, 6.45) is 7.82. The first-order chi connectivity index (χ1) is 15.7. The van der Waals surface area contributed by atoms with Gasteiger partial charge < -0.3 is 4.90 Å². The van der Waals surface area contributed by atoms with Gasteiger partial charge >= 0.3 is 0 Å². The van der Waals surface area contributed by atoms with Crippen LogP contribution in [0.4, 0.5) is 0 Å². The predicted octanol–water partition coefficient (Wildman–Crippen LogP) is 3.39. The van der Waals surface area contributed by atoms with Crippen molar-refractivity contribution in [2.45, 2.75) is 38.6 Å². The van der Waals surface area contributed by atoms with Crippen LogP contribution in [-0.2, 0) is 11.3 Å². The maximum Gasteiger partial charge on any atom is 0.224 e. The van der Waals surface area contributed by atoms with Crippen LogP contribution in [0.5, 0.6) is 0 Å². The van der Waals surface area contributed by atoms with Gasteiger partial charge in [-0.1, -0.05) is 17.3 Å². The highest BCUT2D eigenvalue weighted by molar-refractivity contribution is 5.77. The van der Waals surface area contributed by atoms with Crippen molar-refractivity contribution in [3.05, 3.63) is 66.5 Å². The number of fused-ring (bicyclic) bond motifs is 1. The molecule has 162 valence electrons. The van der Waals surface area contributed by atoms with Crippen LogP contribution in [-0.4, -0.2) is 53.8 Å². The molecule has 5 rings (SSSR count). The minimum Gasteiger partial charge on any atom is -0.342 e. The molecule has 3 aromatic heterocycles. The smallest absolute Gasteiger partial charge is 0.224 e. The van der Waals surface area contributed by atoms with Crippen molar-refractivity contribution in [3.8, 4) is 11.1 Å². The Labute approximate surface area is 186 Å². The molecule has 0 unspecified atom stereocenters. The lowest BCUT2D eigenvalue weighted by Gasteiger charge is -2.33. The quantitative estimate of drug-likeness (QED) is 0.485. The Bertz CT molecular complexity index is 1240. The third-order valence-electron chi connectivity index (χ3n) is 6.05. The molecule has 4 aromatic rings. The van der Waals surface area contributed by atoms with Gasteiger partial charge in [0, 0.05) is 49.6 Å². The van der Waals surface area contributed by atoms with Gasteiger partial charge in [-0.25, -0.2) is 14.6 Å². The van der Waals surface area contributed by atoms with E-state index in [1.807, 2.05) is 59.1 Å². The van der Waals surface area contributed by atoms with Crippen molar-refractivity contribution < 1.29 is 4.79 Å². The number of aryl methyl sites for hydroxylation is 2. The zero-order valence-electron chi connectivity index (χ0n) is 18.1. The number of hydrogen-bond acceptors (Lipinski definition) is 6. The number of carbonyl (C=O) groups excluding carboxylic acids is 1. The normalized spacial score (nSPS) is 16.4. The van der Waals surface area contributed by atoms with E-state index in [1.54, 1.807) is 12.4 Å². The van der Waals surface area contributed by atoms with Crippen molar-refractivity contribution >= 4 is 16.9 Å². The van der Waals surface area contributed by atoms with Crippen LogP contribution in [0.3, 0.4) is 0 Å².